The van der Waals surface area contributed by atoms with Crippen LogP contribution in [0.3, 0.4) is 0 Å². The Balaban J connectivity index is 0.770. The molecule has 0 aromatic heterocycles. The largest absolute Gasteiger partial charge is 0.463 e. The molecule has 440 valence electrons. The average molecular weight is 1120 g/mol. The average Bonchev–Trinajstić information content (AvgIpc) is 4.08. The summed E-state index contributed by atoms with van der Waals surface area (Å²) in [4.78, 5) is 79.7. The monoisotopic (exact) mass is 1120 g/mol. The highest BCUT2D eigenvalue weighted by Gasteiger charge is 2.72. The number of nitrogens with one attached hydrogen (secondary N) is 1. The standard InChI is InChI=1S/C56H85NO20S/c1-29-11-14-38-32(4)41(66-47-54(38)35(29)17-20-50(7,69-47)72-75-54)23-44(58)63-26-53(57-78(10,61)62,27-64-45(59)24-42-33(5)39-15-12-30(2)36-18-21-51(8)70-48(67-42)55(36,39)76-73-51)28-65-46(60)25-43-34(6)40-16-13-31(3)37-19-22-52(9)71-49(68-43)56(37,40)77-74-52/h29-43,47-49,57H,11-28H2,1-10H3/t29-,30-,31-,32-,33-,34-,35+,36+,37+,38+,39+,40+,41?,42?,43?,47-,48-,49-,50+,51+,52+,53?,54-,55-,56-/m1/s1. The van der Waals surface area contributed by atoms with Gasteiger partial charge in [0.05, 0.1) is 43.8 Å². The second kappa shape index (κ2) is 20.0. The van der Waals surface area contributed by atoms with Gasteiger partial charge in [0.15, 0.2) is 35.7 Å². The van der Waals surface area contributed by atoms with Gasteiger partial charge in [-0.15, -0.1) is 0 Å². The van der Waals surface area contributed by atoms with Crippen molar-refractivity contribution in [3.63, 3.8) is 0 Å². The molecule has 78 heavy (non-hydrogen) atoms. The lowest BCUT2D eigenvalue weighted by molar-refractivity contribution is -0.571. The number of hydrogen-bond donors (Lipinski definition) is 1. The molecule has 0 aromatic rings. The van der Waals surface area contributed by atoms with E-state index in [4.69, 9.17) is 72.0 Å². The van der Waals surface area contributed by atoms with Crippen LogP contribution in [0.1, 0.15) is 159 Å². The van der Waals surface area contributed by atoms with Gasteiger partial charge in [-0.05, 0) is 132 Å². The molecule has 3 saturated carbocycles. The Kier molecular flexibility index (Phi) is 14.4. The molecule has 22 heteroatoms. The first-order valence-electron chi connectivity index (χ1n) is 29.4. The molecule has 3 spiro atoms. The quantitative estimate of drug-likeness (QED) is 0.107. The molecular formula is C56H85NO20S. The summed E-state index contributed by atoms with van der Waals surface area (Å²) in [7, 11) is -4.19. The number of carbonyl (C=O) groups excluding carboxylic acids is 3. The van der Waals surface area contributed by atoms with E-state index in [1.807, 2.05) is 41.5 Å². The predicted molar refractivity (Wildman–Crippen MR) is 268 cm³/mol. The van der Waals surface area contributed by atoms with Crippen molar-refractivity contribution in [1.29, 1.82) is 0 Å². The number of fused-ring (bicyclic) bond motifs is 6. The summed E-state index contributed by atoms with van der Waals surface area (Å²) in [5.74, 6) is -4.56. The molecule has 15 fully saturated rings. The van der Waals surface area contributed by atoms with Gasteiger partial charge in [0.25, 0.3) is 0 Å². The number of esters is 3. The van der Waals surface area contributed by atoms with E-state index in [9.17, 15) is 22.8 Å². The number of carbonyl (C=O) groups is 3. The minimum Gasteiger partial charge on any atom is -0.463 e. The van der Waals surface area contributed by atoms with Crippen molar-refractivity contribution >= 4 is 27.9 Å². The Labute approximate surface area is 458 Å². The van der Waals surface area contributed by atoms with E-state index in [1.54, 1.807) is 0 Å². The second-order valence-electron chi connectivity index (χ2n) is 27.1. The summed E-state index contributed by atoms with van der Waals surface area (Å²) in [6.07, 6.45) is 5.66. The molecule has 3 unspecified atom stereocenters. The van der Waals surface area contributed by atoms with Crippen LogP contribution in [0.4, 0.5) is 0 Å². The molecule has 3 aliphatic carbocycles. The Bertz CT molecular complexity index is 2200. The van der Waals surface area contributed by atoms with Crippen LogP contribution in [-0.4, -0.2) is 129 Å². The zero-order valence-corrected chi connectivity index (χ0v) is 48.0. The lowest BCUT2D eigenvalue weighted by Crippen LogP contribution is -2.70. The fourth-order valence-electron chi connectivity index (χ4n) is 17.6. The van der Waals surface area contributed by atoms with Gasteiger partial charge in [0.2, 0.25) is 27.4 Å². The van der Waals surface area contributed by atoms with E-state index >= 15 is 0 Å². The minimum absolute atomic E-state index is 0.0573. The van der Waals surface area contributed by atoms with E-state index in [0.29, 0.717) is 37.0 Å². The van der Waals surface area contributed by atoms with Crippen LogP contribution in [0.15, 0.2) is 0 Å². The zero-order chi connectivity index (χ0) is 55.2. The van der Waals surface area contributed by atoms with Gasteiger partial charge in [0.1, 0.15) is 25.4 Å². The molecule has 21 nitrogen and oxygen atoms in total. The lowest BCUT2D eigenvalue weighted by Gasteiger charge is -2.60. The maximum Gasteiger partial charge on any atom is 0.308 e. The summed E-state index contributed by atoms with van der Waals surface area (Å²) in [6, 6.07) is 0. The third-order valence-electron chi connectivity index (χ3n) is 21.9. The van der Waals surface area contributed by atoms with Crippen LogP contribution in [0, 0.1) is 71.0 Å². The summed E-state index contributed by atoms with van der Waals surface area (Å²) in [5, 5.41) is 0. The van der Waals surface area contributed by atoms with E-state index < -0.39 is 125 Å². The molecular weight excluding hydrogens is 1040 g/mol. The van der Waals surface area contributed by atoms with E-state index in [1.165, 1.54) is 0 Å². The molecule has 6 bridgehead atoms. The van der Waals surface area contributed by atoms with Crippen LogP contribution in [-0.2, 0) is 96.4 Å². The van der Waals surface area contributed by atoms with Crippen LogP contribution in [0.5, 0.6) is 0 Å². The number of ether oxygens (including phenoxy) is 9. The minimum atomic E-state index is -4.19. The second-order valence-corrected chi connectivity index (χ2v) is 28.8. The van der Waals surface area contributed by atoms with Crippen molar-refractivity contribution in [2.24, 2.45) is 71.0 Å². The predicted octanol–water partition coefficient (Wildman–Crippen LogP) is 6.83. The zero-order valence-electron chi connectivity index (χ0n) is 47.2. The van der Waals surface area contributed by atoms with Crippen molar-refractivity contribution in [1.82, 2.24) is 4.72 Å². The number of rotatable bonds is 14. The van der Waals surface area contributed by atoms with Crippen LogP contribution in [0.25, 0.3) is 0 Å². The molecule has 0 amide bonds. The summed E-state index contributed by atoms with van der Waals surface area (Å²) in [6.45, 7) is 16.3. The maximum atomic E-state index is 14.3. The number of sulfonamides is 1. The summed E-state index contributed by atoms with van der Waals surface area (Å²) < 4.78 is 87.3. The fraction of sp³-hybridized carbons (Fsp3) is 0.946. The van der Waals surface area contributed by atoms with Crippen molar-refractivity contribution in [2.75, 3.05) is 26.1 Å². The highest BCUT2D eigenvalue weighted by Crippen LogP contribution is 2.64. The Morgan fingerprint density at radius 1 is 0.462 bits per heavy atom. The van der Waals surface area contributed by atoms with Gasteiger partial charge in [-0.2, -0.15) is 4.72 Å². The Hall–Kier alpha value is -2.16. The molecule has 12 aliphatic heterocycles. The smallest absolute Gasteiger partial charge is 0.308 e. The first kappa shape index (κ1) is 56.3. The molecule has 15 aliphatic rings. The van der Waals surface area contributed by atoms with Gasteiger partial charge in [-0.3, -0.25) is 14.4 Å². The lowest BCUT2D eigenvalue weighted by atomic mass is 9.57. The van der Waals surface area contributed by atoms with E-state index in [2.05, 4.69) is 25.5 Å². The van der Waals surface area contributed by atoms with Gasteiger partial charge >= 0.3 is 17.9 Å². The summed E-state index contributed by atoms with van der Waals surface area (Å²) in [5.41, 5.74) is -4.54. The van der Waals surface area contributed by atoms with Crippen molar-refractivity contribution in [3.8, 4) is 0 Å². The maximum absolute atomic E-state index is 14.3. The normalized spacial score (nSPS) is 51.5. The first-order chi connectivity index (χ1) is 36.8. The van der Waals surface area contributed by atoms with Gasteiger partial charge in [0, 0.05) is 37.0 Å². The van der Waals surface area contributed by atoms with E-state index in [-0.39, 0.29) is 72.5 Å². The van der Waals surface area contributed by atoms with Crippen molar-refractivity contribution in [3.05, 3.63) is 0 Å². The first-order valence-corrected chi connectivity index (χ1v) is 31.3. The highest BCUT2D eigenvalue weighted by molar-refractivity contribution is 7.88. The van der Waals surface area contributed by atoms with Gasteiger partial charge in [-0.25, -0.2) is 37.7 Å². The molecule has 0 aromatic carbocycles. The molecule has 1 N–H and O–H groups in total. The van der Waals surface area contributed by atoms with Crippen LogP contribution < -0.4 is 4.72 Å². The van der Waals surface area contributed by atoms with E-state index in [0.717, 1.165) is 64.0 Å². The van der Waals surface area contributed by atoms with Crippen LogP contribution >= 0.6 is 0 Å². The Morgan fingerprint density at radius 3 is 1.04 bits per heavy atom. The summed E-state index contributed by atoms with van der Waals surface area (Å²) >= 11 is 0. The fourth-order valence-corrected chi connectivity index (χ4v) is 18.5. The molecule has 15 rings (SSSR count). The number of hydrogen-bond acceptors (Lipinski definition) is 20. The third kappa shape index (κ3) is 9.34. The molecule has 12 heterocycles. The van der Waals surface area contributed by atoms with Gasteiger partial charge in [-0.1, -0.05) is 41.5 Å². The highest BCUT2D eigenvalue weighted by atomic mass is 32.2. The molecule has 24 atom stereocenters. The Morgan fingerprint density at radius 2 is 0.756 bits per heavy atom. The third-order valence-corrected chi connectivity index (χ3v) is 22.7. The molecule has 0 radical (unpaired) electrons. The van der Waals surface area contributed by atoms with Crippen molar-refractivity contribution in [2.45, 2.75) is 236 Å². The topological polar surface area (TPSA) is 236 Å². The van der Waals surface area contributed by atoms with Gasteiger partial charge < -0.3 is 42.6 Å². The van der Waals surface area contributed by atoms with Crippen LogP contribution in [0.2, 0.25) is 0 Å². The SMILES string of the molecule is C[C@@H]1CC[C@H]2[C@@H](C)C(CC(=O)OCC(COC(=O)CC3O[C@@H]4O[C@]5(C)CC[C@H]6[C@H](C)CC[C@@H]([C@H]3C)[C@@]46OO5)(COC(=O)CC3O[C@@H]4O[C@]5(C)CC[C@H]6[C@H](C)CC[C@@H]([C@H]3C)[C@@]46OO5)NS(C)(=O)=O)O[C@@H]3O[C@]4(C)CC[C@@H]1[C@]32OO4. The van der Waals surface area contributed by atoms with Crippen molar-refractivity contribution < 1.29 is 94.8 Å². The molecule has 12 saturated heterocycles.